The van der Waals surface area contributed by atoms with Crippen molar-refractivity contribution >= 4 is 24.1 Å². The highest BCUT2D eigenvalue weighted by atomic mass is 31.2. The number of fused-ring (bicyclic) bond motifs is 3. The van der Waals surface area contributed by atoms with E-state index >= 15 is 0 Å². The van der Waals surface area contributed by atoms with Gasteiger partial charge in [0.15, 0.2) is 11.5 Å². The van der Waals surface area contributed by atoms with Crippen molar-refractivity contribution in [2.75, 3.05) is 13.2 Å². The van der Waals surface area contributed by atoms with Crippen LogP contribution in [-0.4, -0.2) is 38.4 Å². The molecule has 0 amide bonds. The summed E-state index contributed by atoms with van der Waals surface area (Å²) in [5, 5.41) is 22.8. The van der Waals surface area contributed by atoms with Crippen LogP contribution >= 0.6 is 7.60 Å². The number of aliphatic hydroxyl groups excluding tert-OH is 1. The van der Waals surface area contributed by atoms with Crippen LogP contribution in [0.3, 0.4) is 0 Å². The molecule has 0 saturated heterocycles. The Labute approximate surface area is 132 Å². The fourth-order valence-electron chi connectivity index (χ4n) is 2.50. The Morgan fingerprint density at radius 1 is 1.22 bits per heavy atom. The summed E-state index contributed by atoms with van der Waals surface area (Å²) >= 11 is 0. The van der Waals surface area contributed by atoms with E-state index in [0.29, 0.717) is 22.1 Å². The molecule has 0 fully saturated rings. The number of hydrogen-bond donors (Lipinski definition) is 1. The van der Waals surface area contributed by atoms with Gasteiger partial charge in [-0.2, -0.15) is 4.52 Å². The Bertz CT molecular complexity index is 871. The SMILES string of the molecule is CCOP(=O)(OCC)C(O)c1cccc2c1ccc1nnnn12. The summed E-state index contributed by atoms with van der Waals surface area (Å²) < 4.78 is 24.9. The molecular formula is C14H17N4O4P. The minimum atomic E-state index is -3.69. The first-order valence-electron chi connectivity index (χ1n) is 7.27. The molecule has 0 aliphatic carbocycles. The molecule has 0 bridgehead atoms. The van der Waals surface area contributed by atoms with Gasteiger partial charge in [0.1, 0.15) is 0 Å². The van der Waals surface area contributed by atoms with Gasteiger partial charge in [-0.05, 0) is 42.5 Å². The third kappa shape index (κ3) is 2.74. The van der Waals surface area contributed by atoms with Crippen LogP contribution < -0.4 is 0 Å². The van der Waals surface area contributed by atoms with Gasteiger partial charge >= 0.3 is 7.60 Å². The predicted molar refractivity (Wildman–Crippen MR) is 84.1 cm³/mol. The molecule has 8 nitrogen and oxygen atoms in total. The lowest BCUT2D eigenvalue weighted by atomic mass is 10.1. The maximum Gasteiger partial charge on any atom is 0.363 e. The van der Waals surface area contributed by atoms with Crippen LogP contribution in [-0.2, 0) is 13.6 Å². The third-order valence-electron chi connectivity index (χ3n) is 3.43. The molecule has 23 heavy (non-hydrogen) atoms. The smallest absolute Gasteiger partial charge is 0.363 e. The Morgan fingerprint density at radius 2 is 1.96 bits per heavy atom. The van der Waals surface area contributed by atoms with E-state index < -0.39 is 13.4 Å². The van der Waals surface area contributed by atoms with Crippen molar-refractivity contribution in [2.24, 2.45) is 0 Å². The molecule has 1 N–H and O–H groups in total. The standard InChI is InChI=1S/C14H17N4O4P/c1-3-21-23(20,22-4-2)14(19)11-6-5-7-12-10(11)8-9-13-15-16-17-18(12)13/h5-9,14,19H,3-4H2,1-2H3. The van der Waals surface area contributed by atoms with Crippen molar-refractivity contribution in [1.82, 2.24) is 20.0 Å². The van der Waals surface area contributed by atoms with Gasteiger partial charge in [-0.15, -0.1) is 5.10 Å². The van der Waals surface area contributed by atoms with Crippen molar-refractivity contribution < 1.29 is 18.7 Å². The molecule has 2 heterocycles. The predicted octanol–water partition coefficient (Wildman–Crippen LogP) is 2.53. The molecule has 1 atom stereocenters. The second-order valence-electron chi connectivity index (χ2n) is 4.81. The van der Waals surface area contributed by atoms with E-state index in [1.807, 2.05) is 6.07 Å². The zero-order chi connectivity index (χ0) is 16.4. The fraction of sp³-hybridized carbons (Fsp3) is 0.357. The average Bonchev–Trinajstić information content (AvgIpc) is 3.03. The van der Waals surface area contributed by atoms with Crippen LogP contribution in [0.2, 0.25) is 0 Å². The minimum absolute atomic E-state index is 0.177. The van der Waals surface area contributed by atoms with Crippen LogP contribution in [0, 0.1) is 0 Å². The van der Waals surface area contributed by atoms with Crippen molar-refractivity contribution in [3.63, 3.8) is 0 Å². The number of pyridine rings is 1. The van der Waals surface area contributed by atoms with Gasteiger partial charge in [-0.25, -0.2) is 0 Å². The average molecular weight is 336 g/mol. The van der Waals surface area contributed by atoms with Crippen LogP contribution in [0.1, 0.15) is 25.3 Å². The van der Waals surface area contributed by atoms with Gasteiger partial charge in [0.25, 0.3) is 0 Å². The number of hydrogen-bond acceptors (Lipinski definition) is 7. The number of aliphatic hydroxyl groups is 1. The highest BCUT2D eigenvalue weighted by Gasteiger charge is 2.36. The lowest BCUT2D eigenvalue weighted by Crippen LogP contribution is -2.07. The highest BCUT2D eigenvalue weighted by Crippen LogP contribution is 2.60. The maximum absolute atomic E-state index is 12.8. The third-order valence-corrected chi connectivity index (χ3v) is 5.55. The van der Waals surface area contributed by atoms with E-state index in [0.717, 1.165) is 0 Å². The largest absolute Gasteiger partial charge is 0.376 e. The second kappa shape index (κ2) is 6.33. The van der Waals surface area contributed by atoms with Crippen molar-refractivity contribution in [1.29, 1.82) is 0 Å². The fourth-order valence-corrected chi connectivity index (χ4v) is 4.14. The van der Waals surface area contributed by atoms with Gasteiger partial charge in [0.2, 0.25) is 0 Å². The van der Waals surface area contributed by atoms with E-state index in [2.05, 4.69) is 15.5 Å². The van der Waals surface area contributed by atoms with E-state index in [1.54, 1.807) is 42.6 Å². The number of benzene rings is 1. The van der Waals surface area contributed by atoms with Crippen molar-refractivity contribution in [3.05, 3.63) is 35.9 Å². The molecular weight excluding hydrogens is 319 g/mol. The normalized spacial score (nSPS) is 13.7. The second-order valence-corrected chi connectivity index (χ2v) is 6.90. The zero-order valence-corrected chi connectivity index (χ0v) is 13.7. The quantitative estimate of drug-likeness (QED) is 0.691. The summed E-state index contributed by atoms with van der Waals surface area (Å²) in [6, 6.07) is 8.76. The van der Waals surface area contributed by atoms with Crippen LogP contribution in [0.5, 0.6) is 0 Å². The summed E-state index contributed by atoms with van der Waals surface area (Å²) in [7, 11) is -3.69. The first-order valence-corrected chi connectivity index (χ1v) is 8.88. The van der Waals surface area contributed by atoms with Gasteiger partial charge < -0.3 is 14.2 Å². The summed E-state index contributed by atoms with van der Waals surface area (Å²) in [5.74, 6) is -1.39. The molecule has 0 aliphatic rings. The first-order chi connectivity index (χ1) is 11.1. The van der Waals surface area contributed by atoms with E-state index in [1.165, 1.54) is 0 Å². The number of rotatable bonds is 6. The summed E-state index contributed by atoms with van der Waals surface area (Å²) in [4.78, 5) is 0. The molecule has 3 aromatic rings. The molecule has 0 spiro atoms. The lowest BCUT2D eigenvalue weighted by Gasteiger charge is -2.23. The molecule has 0 aliphatic heterocycles. The minimum Gasteiger partial charge on any atom is -0.376 e. The van der Waals surface area contributed by atoms with E-state index in [-0.39, 0.29) is 13.2 Å². The number of tetrazole rings is 1. The molecule has 0 radical (unpaired) electrons. The first kappa shape index (κ1) is 16.0. The van der Waals surface area contributed by atoms with Gasteiger partial charge in [0, 0.05) is 10.9 Å². The summed E-state index contributed by atoms with van der Waals surface area (Å²) in [6.07, 6.45) is 0. The molecule has 2 aromatic heterocycles. The zero-order valence-electron chi connectivity index (χ0n) is 12.8. The monoisotopic (exact) mass is 336 g/mol. The van der Waals surface area contributed by atoms with Gasteiger partial charge in [-0.3, -0.25) is 4.57 Å². The van der Waals surface area contributed by atoms with Gasteiger partial charge in [-0.1, -0.05) is 12.1 Å². The maximum atomic E-state index is 12.8. The summed E-state index contributed by atoms with van der Waals surface area (Å²) in [5.41, 5.74) is 1.73. The molecule has 122 valence electrons. The molecule has 3 rings (SSSR count). The Hall–Kier alpha value is -1.86. The molecule has 1 aromatic carbocycles. The summed E-state index contributed by atoms with van der Waals surface area (Å²) in [6.45, 7) is 3.75. The number of aromatic nitrogens is 4. The molecule has 1 unspecified atom stereocenters. The molecule has 0 saturated carbocycles. The Kier molecular flexibility index (Phi) is 4.41. The Morgan fingerprint density at radius 3 is 2.65 bits per heavy atom. The van der Waals surface area contributed by atoms with Crippen LogP contribution in [0.25, 0.3) is 16.6 Å². The Balaban J connectivity index is 2.17. The number of nitrogens with zero attached hydrogens (tertiary/aromatic N) is 4. The van der Waals surface area contributed by atoms with Gasteiger partial charge in [0.05, 0.1) is 18.7 Å². The highest BCUT2D eigenvalue weighted by molar-refractivity contribution is 7.54. The molecule has 9 heteroatoms. The van der Waals surface area contributed by atoms with E-state index in [9.17, 15) is 9.67 Å². The van der Waals surface area contributed by atoms with Crippen molar-refractivity contribution in [2.45, 2.75) is 19.7 Å². The van der Waals surface area contributed by atoms with Crippen LogP contribution in [0.4, 0.5) is 0 Å². The van der Waals surface area contributed by atoms with Crippen LogP contribution in [0.15, 0.2) is 30.3 Å². The topological polar surface area (TPSA) is 98.8 Å². The van der Waals surface area contributed by atoms with Crippen molar-refractivity contribution in [3.8, 4) is 0 Å². The lowest BCUT2D eigenvalue weighted by molar-refractivity contribution is 0.151. The van der Waals surface area contributed by atoms with E-state index in [4.69, 9.17) is 9.05 Å².